The standard InChI is InChI=1S/C10H9F2NO/c1-6-3-8(14-10(11)12)4-7(2)9(6)5-13/h3-4,10H,1-2H3. The quantitative estimate of drug-likeness (QED) is 0.730. The van der Waals surface area contributed by atoms with Gasteiger partial charge in [0, 0.05) is 0 Å². The van der Waals surface area contributed by atoms with Gasteiger partial charge in [-0.2, -0.15) is 14.0 Å². The van der Waals surface area contributed by atoms with Crippen molar-refractivity contribution in [2.45, 2.75) is 20.5 Å². The van der Waals surface area contributed by atoms with Gasteiger partial charge in [0.2, 0.25) is 0 Å². The van der Waals surface area contributed by atoms with Crippen molar-refractivity contribution in [2.24, 2.45) is 0 Å². The van der Waals surface area contributed by atoms with Crippen LogP contribution in [0, 0.1) is 25.2 Å². The third-order valence-corrected chi connectivity index (χ3v) is 1.84. The molecule has 1 rings (SSSR count). The van der Waals surface area contributed by atoms with E-state index in [4.69, 9.17) is 5.26 Å². The molecule has 0 aliphatic carbocycles. The van der Waals surface area contributed by atoms with E-state index in [-0.39, 0.29) is 5.75 Å². The summed E-state index contributed by atoms with van der Waals surface area (Å²) in [5.41, 5.74) is 1.79. The van der Waals surface area contributed by atoms with Crippen molar-refractivity contribution in [3.8, 4) is 11.8 Å². The molecule has 0 atom stereocenters. The molecule has 0 heterocycles. The van der Waals surface area contributed by atoms with Crippen molar-refractivity contribution < 1.29 is 13.5 Å². The summed E-state index contributed by atoms with van der Waals surface area (Å²) in [6.45, 7) is 0.537. The molecule has 0 N–H and O–H groups in total. The molecule has 0 saturated carbocycles. The third-order valence-electron chi connectivity index (χ3n) is 1.84. The molecule has 0 spiro atoms. The van der Waals surface area contributed by atoms with E-state index in [9.17, 15) is 8.78 Å². The lowest BCUT2D eigenvalue weighted by molar-refractivity contribution is -0.0498. The smallest absolute Gasteiger partial charge is 0.387 e. The van der Waals surface area contributed by atoms with Crippen LogP contribution in [0.4, 0.5) is 8.78 Å². The van der Waals surface area contributed by atoms with Crippen LogP contribution in [0.2, 0.25) is 0 Å². The fraction of sp³-hybridized carbons (Fsp3) is 0.300. The van der Waals surface area contributed by atoms with Crippen LogP contribution >= 0.6 is 0 Å². The highest BCUT2D eigenvalue weighted by Crippen LogP contribution is 2.22. The average Bonchev–Trinajstić information content (AvgIpc) is 2.01. The molecule has 0 radical (unpaired) electrons. The Hall–Kier alpha value is -1.63. The second kappa shape index (κ2) is 4.05. The molecule has 74 valence electrons. The predicted octanol–water partition coefficient (Wildman–Crippen LogP) is 2.78. The average molecular weight is 197 g/mol. The van der Waals surface area contributed by atoms with Crippen LogP contribution in [0.1, 0.15) is 16.7 Å². The number of nitriles is 1. The topological polar surface area (TPSA) is 33.0 Å². The predicted molar refractivity (Wildman–Crippen MR) is 47.3 cm³/mol. The van der Waals surface area contributed by atoms with E-state index < -0.39 is 6.61 Å². The van der Waals surface area contributed by atoms with E-state index in [1.807, 2.05) is 6.07 Å². The maximum absolute atomic E-state index is 11.9. The van der Waals surface area contributed by atoms with Crippen LogP contribution in [-0.2, 0) is 0 Å². The number of halogens is 2. The summed E-state index contributed by atoms with van der Waals surface area (Å²) in [5.74, 6) is 0.0917. The first-order valence-corrected chi connectivity index (χ1v) is 4.00. The van der Waals surface area contributed by atoms with Gasteiger partial charge in [-0.05, 0) is 37.1 Å². The Bertz CT molecular complexity index is 359. The molecule has 0 fully saturated rings. The van der Waals surface area contributed by atoms with Crippen LogP contribution in [0.3, 0.4) is 0 Å². The van der Waals surface area contributed by atoms with Gasteiger partial charge in [0.05, 0.1) is 11.6 Å². The summed E-state index contributed by atoms with van der Waals surface area (Å²) in [6, 6.07) is 4.86. The van der Waals surface area contributed by atoms with E-state index in [1.54, 1.807) is 13.8 Å². The first kappa shape index (κ1) is 10.5. The highest BCUT2D eigenvalue weighted by atomic mass is 19.3. The van der Waals surface area contributed by atoms with E-state index in [2.05, 4.69) is 4.74 Å². The largest absolute Gasteiger partial charge is 0.435 e. The van der Waals surface area contributed by atoms with Gasteiger partial charge in [-0.1, -0.05) is 0 Å². The molecule has 0 aliphatic heterocycles. The summed E-state index contributed by atoms with van der Waals surface area (Å²) in [4.78, 5) is 0. The summed E-state index contributed by atoms with van der Waals surface area (Å²) in [5, 5.41) is 8.73. The molecule has 0 bridgehead atoms. The second-order valence-corrected chi connectivity index (χ2v) is 2.92. The first-order valence-electron chi connectivity index (χ1n) is 4.00. The molecule has 0 saturated heterocycles. The normalized spacial score (nSPS) is 10.0. The van der Waals surface area contributed by atoms with Crippen molar-refractivity contribution in [2.75, 3.05) is 0 Å². The molecule has 2 nitrogen and oxygen atoms in total. The van der Waals surface area contributed by atoms with E-state index in [1.165, 1.54) is 12.1 Å². The molecular formula is C10H9F2NO. The highest BCUT2D eigenvalue weighted by molar-refractivity contribution is 5.47. The minimum atomic E-state index is -2.83. The third kappa shape index (κ3) is 2.19. The fourth-order valence-corrected chi connectivity index (χ4v) is 1.27. The number of hydrogen-bond donors (Lipinski definition) is 0. The second-order valence-electron chi connectivity index (χ2n) is 2.92. The lowest BCUT2D eigenvalue weighted by atomic mass is 10.0. The molecule has 1 aromatic rings. The van der Waals surface area contributed by atoms with E-state index in [0.29, 0.717) is 16.7 Å². The Morgan fingerprint density at radius 3 is 2.14 bits per heavy atom. The van der Waals surface area contributed by atoms with Gasteiger partial charge in [0.15, 0.2) is 0 Å². The van der Waals surface area contributed by atoms with Gasteiger partial charge < -0.3 is 4.74 Å². The minimum Gasteiger partial charge on any atom is -0.435 e. The van der Waals surface area contributed by atoms with Crippen molar-refractivity contribution in [3.63, 3.8) is 0 Å². The van der Waals surface area contributed by atoms with Crippen molar-refractivity contribution in [1.29, 1.82) is 5.26 Å². The Morgan fingerprint density at radius 1 is 1.29 bits per heavy atom. The Morgan fingerprint density at radius 2 is 1.79 bits per heavy atom. The number of hydrogen-bond acceptors (Lipinski definition) is 2. The number of rotatable bonds is 2. The van der Waals surface area contributed by atoms with Crippen LogP contribution in [0.5, 0.6) is 5.75 Å². The lowest BCUT2D eigenvalue weighted by Crippen LogP contribution is -2.03. The van der Waals surface area contributed by atoms with Gasteiger partial charge in [-0.3, -0.25) is 0 Å². The van der Waals surface area contributed by atoms with Crippen molar-refractivity contribution in [1.82, 2.24) is 0 Å². The molecule has 0 aromatic heterocycles. The highest BCUT2D eigenvalue weighted by Gasteiger charge is 2.08. The minimum absolute atomic E-state index is 0.0917. The van der Waals surface area contributed by atoms with E-state index >= 15 is 0 Å². The zero-order valence-corrected chi connectivity index (χ0v) is 7.84. The first-order chi connectivity index (χ1) is 6.54. The molecule has 14 heavy (non-hydrogen) atoms. The van der Waals surface area contributed by atoms with Gasteiger partial charge in [-0.15, -0.1) is 0 Å². The van der Waals surface area contributed by atoms with Gasteiger partial charge >= 0.3 is 6.61 Å². The summed E-state index contributed by atoms with van der Waals surface area (Å²) < 4.78 is 28.0. The monoisotopic (exact) mass is 197 g/mol. The number of aryl methyl sites for hydroxylation is 2. The molecular weight excluding hydrogens is 188 g/mol. The Labute approximate surface area is 80.7 Å². The van der Waals surface area contributed by atoms with E-state index in [0.717, 1.165) is 0 Å². The van der Waals surface area contributed by atoms with Gasteiger partial charge in [0.1, 0.15) is 5.75 Å². The van der Waals surface area contributed by atoms with Crippen LogP contribution < -0.4 is 4.74 Å². The van der Waals surface area contributed by atoms with Crippen LogP contribution in [0.25, 0.3) is 0 Å². The number of ether oxygens (including phenoxy) is 1. The Kier molecular flexibility index (Phi) is 3.03. The van der Waals surface area contributed by atoms with Crippen molar-refractivity contribution in [3.05, 3.63) is 28.8 Å². The number of nitrogens with zero attached hydrogens (tertiary/aromatic N) is 1. The van der Waals surface area contributed by atoms with Crippen molar-refractivity contribution >= 4 is 0 Å². The summed E-state index contributed by atoms with van der Waals surface area (Å²) in [6.07, 6.45) is 0. The number of alkyl halides is 2. The molecule has 0 amide bonds. The molecule has 0 aliphatic rings. The Balaban J connectivity index is 3.09. The summed E-state index contributed by atoms with van der Waals surface area (Å²) >= 11 is 0. The molecule has 1 aromatic carbocycles. The zero-order chi connectivity index (χ0) is 10.7. The molecule has 4 heteroatoms. The SMILES string of the molecule is Cc1cc(OC(F)F)cc(C)c1C#N. The fourth-order valence-electron chi connectivity index (χ4n) is 1.27. The lowest BCUT2D eigenvalue weighted by Gasteiger charge is -2.08. The maximum atomic E-state index is 11.9. The maximum Gasteiger partial charge on any atom is 0.387 e. The van der Waals surface area contributed by atoms with Crippen LogP contribution in [-0.4, -0.2) is 6.61 Å². The zero-order valence-electron chi connectivity index (χ0n) is 7.84. The number of benzene rings is 1. The van der Waals surface area contributed by atoms with Gasteiger partial charge in [-0.25, -0.2) is 0 Å². The van der Waals surface area contributed by atoms with Gasteiger partial charge in [0.25, 0.3) is 0 Å². The molecule has 0 unspecified atom stereocenters. The van der Waals surface area contributed by atoms with Crippen LogP contribution in [0.15, 0.2) is 12.1 Å². The summed E-state index contributed by atoms with van der Waals surface area (Å²) in [7, 11) is 0.